The molecule has 0 aromatic heterocycles. The minimum absolute atomic E-state index is 0.0605. The molecule has 3 rings (SSSR count). The van der Waals surface area contributed by atoms with E-state index in [1.54, 1.807) is 24.3 Å². The highest BCUT2D eigenvalue weighted by Crippen LogP contribution is 2.30. The fourth-order valence-corrected chi connectivity index (χ4v) is 4.96. The van der Waals surface area contributed by atoms with E-state index in [-0.39, 0.29) is 35.6 Å². The molecule has 0 radical (unpaired) electrons. The van der Waals surface area contributed by atoms with E-state index in [1.807, 2.05) is 24.1 Å². The largest absolute Gasteiger partial charge is 0.493 e. The number of halogens is 2. The van der Waals surface area contributed by atoms with Gasteiger partial charge in [0.2, 0.25) is 5.91 Å². The van der Waals surface area contributed by atoms with E-state index in [0.717, 1.165) is 30.6 Å². The number of alkyl halides is 2. The zero-order valence-electron chi connectivity index (χ0n) is 19.4. The fourth-order valence-electron chi connectivity index (χ4n) is 3.99. The van der Waals surface area contributed by atoms with Crippen molar-refractivity contribution in [1.29, 1.82) is 0 Å². The van der Waals surface area contributed by atoms with Crippen molar-refractivity contribution >= 4 is 23.6 Å². The highest BCUT2D eigenvalue weighted by atomic mass is 32.2. The third-order valence-corrected chi connectivity index (χ3v) is 6.95. The van der Waals surface area contributed by atoms with Gasteiger partial charge < -0.3 is 19.7 Å². The summed E-state index contributed by atoms with van der Waals surface area (Å²) in [5.41, 5.74) is 1.14. The Labute approximate surface area is 203 Å². The second-order valence-corrected chi connectivity index (χ2v) is 9.14. The van der Waals surface area contributed by atoms with Crippen LogP contribution in [0.3, 0.4) is 0 Å². The summed E-state index contributed by atoms with van der Waals surface area (Å²) in [5.74, 6) is 0.120. The smallest absolute Gasteiger partial charge is 0.387 e. The molecule has 0 spiro atoms. The van der Waals surface area contributed by atoms with E-state index < -0.39 is 6.61 Å². The Bertz CT molecular complexity index is 983. The summed E-state index contributed by atoms with van der Waals surface area (Å²) < 4.78 is 34.5. The molecule has 0 bridgehead atoms. The van der Waals surface area contributed by atoms with Crippen molar-refractivity contribution in [2.75, 3.05) is 19.9 Å². The Hall–Kier alpha value is -2.81. The molecular weight excluding hydrogens is 462 g/mol. The third-order valence-electron chi connectivity index (χ3n) is 5.90. The molecule has 0 aliphatic heterocycles. The van der Waals surface area contributed by atoms with Gasteiger partial charge in [0.25, 0.3) is 5.91 Å². The molecule has 2 aromatic rings. The fraction of sp³-hybridized carbons (Fsp3) is 0.440. The molecule has 6 nitrogen and oxygen atoms in total. The molecular formula is C25H30F2N2O4S. The molecule has 0 atom stereocenters. The zero-order valence-corrected chi connectivity index (χ0v) is 20.2. The lowest BCUT2D eigenvalue weighted by Gasteiger charge is -2.31. The molecule has 1 aliphatic rings. The van der Waals surface area contributed by atoms with Crippen LogP contribution in [0.2, 0.25) is 0 Å². The highest BCUT2D eigenvalue weighted by molar-refractivity contribution is 8.00. The van der Waals surface area contributed by atoms with Crippen LogP contribution in [-0.2, 0) is 11.3 Å². The number of ether oxygens (including phenoxy) is 2. The quantitative estimate of drug-likeness (QED) is 0.467. The van der Waals surface area contributed by atoms with Gasteiger partial charge in [-0.2, -0.15) is 8.78 Å². The number of carbonyl (C=O) groups is 2. The average molecular weight is 493 g/mol. The predicted octanol–water partition coefficient (Wildman–Crippen LogP) is 5.11. The summed E-state index contributed by atoms with van der Waals surface area (Å²) >= 11 is 1.35. The highest BCUT2D eigenvalue weighted by Gasteiger charge is 2.22. The molecule has 0 unspecified atom stereocenters. The van der Waals surface area contributed by atoms with Crippen LogP contribution in [0.4, 0.5) is 8.78 Å². The first-order valence-corrected chi connectivity index (χ1v) is 12.2. The molecule has 2 amide bonds. The first-order valence-electron chi connectivity index (χ1n) is 11.3. The van der Waals surface area contributed by atoms with E-state index >= 15 is 0 Å². The molecule has 1 saturated carbocycles. The maximum atomic E-state index is 12.9. The lowest BCUT2D eigenvalue weighted by Crippen LogP contribution is -2.39. The van der Waals surface area contributed by atoms with Gasteiger partial charge in [0.05, 0.1) is 18.4 Å². The number of nitrogens with one attached hydrogen (secondary N) is 1. The first-order chi connectivity index (χ1) is 16.4. The Kier molecular flexibility index (Phi) is 9.56. The number of hydrogen-bond acceptors (Lipinski definition) is 5. The molecule has 34 heavy (non-hydrogen) atoms. The SMILES string of the molecule is COc1cc(CNC(=O)c2ccccc2SCC(=O)N(C)C2CCCCC2)ccc1OC(F)F. The van der Waals surface area contributed by atoms with Crippen LogP contribution in [0.1, 0.15) is 48.0 Å². The third kappa shape index (κ3) is 7.09. The maximum absolute atomic E-state index is 12.9. The average Bonchev–Trinajstić information content (AvgIpc) is 2.86. The number of methoxy groups -OCH3 is 1. The number of carbonyl (C=O) groups excluding carboxylic acids is 2. The van der Waals surface area contributed by atoms with Gasteiger partial charge in [-0.25, -0.2) is 0 Å². The minimum atomic E-state index is -2.96. The normalized spacial score (nSPS) is 14.0. The summed E-state index contributed by atoms with van der Waals surface area (Å²) in [7, 11) is 3.22. The standard InChI is InChI=1S/C25H30F2N2O4S/c1-29(18-8-4-3-5-9-18)23(30)16-34-22-11-7-6-10-19(22)24(31)28-15-17-12-13-20(33-25(26)27)21(14-17)32-2/h6-7,10-14,18,25H,3-5,8-9,15-16H2,1-2H3,(H,28,31). The van der Waals surface area contributed by atoms with Crippen LogP contribution in [-0.4, -0.2) is 49.3 Å². The van der Waals surface area contributed by atoms with Gasteiger partial charge in [-0.05, 0) is 42.7 Å². The molecule has 1 aliphatic carbocycles. The number of amides is 2. The number of rotatable bonds is 10. The van der Waals surface area contributed by atoms with Crippen molar-refractivity contribution in [3.05, 3.63) is 53.6 Å². The van der Waals surface area contributed by atoms with E-state index in [4.69, 9.17) is 4.74 Å². The van der Waals surface area contributed by atoms with Crippen LogP contribution in [0, 0.1) is 0 Å². The lowest BCUT2D eigenvalue weighted by molar-refractivity contribution is -0.129. The van der Waals surface area contributed by atoms with E-state index in [1.165, 1.54) is 31.4 Å². The Morgan fingerprint density at radius 3 is 2.56 bits per heavy atom. The summed E-state index contributed by atoms with van der Waals surface area (Å²) in [4.78, 5) is 28.1. The number of thioether (sulfide) groups is 1. The van der Waals surface area contributed by atoms with E-state index in [2.05, 4.69) is 10.1 Å². The van der Waals surface area contributed by atoms with E-state index in [9.17, 15) is 18.4 Å². The number of hydrogen-bond donors (Lipinski definition) is 1. The molecule has 1 N–H and O–H groups in total. The topological polar surface area (TPSA) is 67.9 Å². The summed E-state index contributed by atoms with van der Waals surface area (Å²) in [6.07, 6.45) is 5.65. The van der Waals surface area contributed by atoms with Gasteiger partial charge in [-0.1, -0.05) is 37.5 Å². The Morgan fingerprint density at radius 2 is 1.85 bits per heavy atom. The summed E-state index contributed by atoms with van der Waals surface area (Å²) in [6, 6.07) is 12.0. The monoisotopic (exact) mass is 492 g/mol. The van der Waals surface area contributed by atoms with Crippen molar-refractivity contribution in [1.82, 2.24) is 10.2 Å². The second-order valence-electron chi connectivity index (χ2n) is 8.13. The number of benzene rings is 2. The zero-order chi connectivity index (χ0) is 24.5. The lowest BCUT2D eigenvalue weighted by atomic mass is 9.94. The Balaban J connectivity index is 1.59. The van der Waals surface area contributed by atoms with Gasteiger partial charge in [-0.15, -0.1) is 11.8 Å². The second kappa shape index (κ2) is 12.6. The van der Waals surface area contributed by atoms with Crippen LogP contribution in [0.15, 0.2) is 47.4 Å². The van der Waals surface area contributed by atoms with Crippen molar-refractivity contribution < 1.29 is 27.8 Å². The van der Waals surface area contributed by atoms with Crippen molar-refractivity contribution in [2.24, 2.45) is 0 Å². The van der Waals surface area contributed by atoms with Gasteiger partial charge >= 0.3 is 6.61 Å². The van der Waals surface area contributed by atoms with Crippen molar-refractivity contribution in [2.45, 2.75) is 56.2 Å². The van der Waals surface area contributed by atoms with Gasteiger partial charge in [0, 0.05) is 24.5 Å². The molecule has 2 aromatic carbocycles. The molecule has 1 fully saturated rings. The summed E-state index contributed by atoms with van der Waals surface area (Å²) in [5, 5.41) is 2.84. The molecule has 0 heterocycles. The van der Waals surface area contributed by atoms with Gasteiger partial charge in [0.15, 0.2) is 11.5 Å². The van der Waals surface area contributed by atoms with Crippen LogP contribution >= 0.6 is 11.8 Å². The maximum Gasteiger partial charge on any atom is 0.387 e. The van der Waals surface area contributed by atoms with Crippen LogP contribution in [0.25, 0.3) is 0 Å². The summed E-state index contributed by atoms with van der Waals surface area (Å²) in [6.45, 7) is -2.78. The molecule has 184 valence electrons. The molecule has 0 saturated heterocycles. The number of nitrogens with zero attached hydrogens (tertiary/aromatic N) is 1. The van der Waals surface area contributed by atoms with Crippen molar-refractivity contribution in [3.63, 3.8) is 0 Å². The van der Waals surface area contributed by atoms with Crippen LogP contribution < -0.4 is 14.8 Å². The van der Waals surface area contributed by atoms with Gasteiger partial charge in [0.1, 0.15) is 0 Å². The van der Waals surface area contributed by atoms with Crippen LogP contribution in [0.5, 0.6) is 11.5 Å². The minimum Gasteiger partial charge on any atom is -0.493 e. The van der Waals surface area contributed by atoms with Crippen molar-refractivity contribution in [3.8, 4) is 11.5 Å². The predicted molar refractivity (Wildman–Crippen MR) is 128 cm³/mol. The van der Waals surface area contributed by atoms with E-state index in [0.29, 0.717) is 17.2 Å². The first kappa shape index (κ1) is 25.8. The molecule has 9 heteroatoms. The Morgan fingerprint density at radius 1 is 1.12 bits per heavy atom. The van der Waals surface area contributed by atoms with Gasteiger partial charge in [-0.3, -0.25) is 9.59 Å².